The van der Waals surface area contributed by atoms with Crippen LogP contribution in [0.1, 0.15) is 24.7 Å². The summed E-state index contributed by atoms with van der Waals surface area (Å²) in [5.41, 5.74) is 0.632. The smallest absolute Gasteiger partial charge is 0.335 e. The molecule has 2 aromatic rings. The van der Waals surface area contributed by atoms with Crippen molar-refractivity contribution in [3.05, 3.63) is 63.2 Å². The largest absolute Gasteiger partial charge is 0.428 e. The number of hydrogen-bond acceptors (Lipinski definition) is 4. The second-order valence-corrected chi connectivity index (χ2v) is 8.22. The maximum atomic E-state index is 12.5. The van der Waals surface area contributed by atoms with E-state index in [9.17, 15) is 13.2 Å². The fourth-order valence-electron chi connectivity index (χ4n) is 3.03. The van der Waals surface area contributed by atoms with Crippen LogP contribution in [0.4, 0.5) is 0 Å². The van der Waals surface area contributed by atoms with E-state index < -0.39 is 10.0 Å². The van der Waals surface area contributed by atoms with Gasteiger partial charge in [0.05, 0.1) is 4.90 Å². The first-order valence-electron chi connectivity index (χ1n) is 7.75. The van der Waals surface area contributed by atoms with Gasteiger partial charge in [0.25, 0.3) is 0 Å². The molecule has 0 fully saturated rings. The highest BCUT2D eigenvalue weighted by Crippen LogP contribution is 2.27. The van der Waals surface area contributed by atoms with Crippen LogP contribution < -0.4 is 10.3 Å². The van der Waals surface area contributed by atoms with Crippen LogP contribution in [0.3, 0.4) is 0 Å². The van der Waals surface area contributed by atoms with E-state index in [0.29, 0.717) is 23.6 Å². The van der Waals surface area contributed by atoms with Gasteiger partial charge < -0.3 is 4.42 Å². The van der Waals surface area contributed by atoms with Gasteiger partial charge in [-0.1, -0.05) is 11.6 Å². The number of aryl methyl sites for hydroxylation is 1. The van der Waals surface area contributed by atoms with Gasteiger partial charge in [0, 0.05) is 23.6 Å². The van der Waals surface area contributed by atoms with Gasteiger partial charge >= 0.3 is 5.63 Å². The first kappa shape index (κ1) is 17.2. The van der Waals surface area contributed by atoms with Crippen LogP contribution in [-0.2, 0) is 22.9 Å². The molecule has 0 saturated carbocycles. The third-order valence-electron chi connectivity index (χ3n) is 4.40. The third-order valence-corrected chi connectivity index (χ3v) is 6.23. The van der Waals surface area contributed by atoms with Crippen molar-refractivity contribution >= 4 is 21.6 Å². The molecule has 2 unspecified atom stereocenters. The summed E-state index contributed by atoms with van der Waals surface area (Å²) in [6.07, 6.45) is 2.09. The van der Waals surface area contributed by atoms with Crippen molar-refractivity contribution in [2.24, 2.45) is 5.92 Å². The van der Waals surface area contributed by atoms with Gasteiger partial charge in [-0.05, 0) is 61.6 Å². The molecule has 0 radical (unpaired) electrons. The van der Waals surface area contributed by atoms with Crippen LogP contribution in [-0.4, -0.2) is 14.5 Å². The molecule has 7 heteroatoms. The molecule has 0 amide bonds. The predicted molar refractivity (Wildman–Crippen MR) is 91.7 cm³/mol. The Labute approximate surface area is 145 Å². The van der Waals surface area contributed by atoms with Crippen molar-refractivity contribution in [1.82, 2.24) is 4.72 Å². The Morgan fingerprint density at radius 3 is 2.62 bits per heavy atom. The Morgan fingerprint density at radius 1 is 1.21 bits per heavy atom. The quantitative estimate of drug-likeness (QED) is 0.901. The average Bonchev–Trinajstić information content (AvgIpc) is 2.54. The highest BCUT2D eigenvalue weighted by molar-refractivity contribution is 7.89. The standard InChI is InChI=1S/C17H18ClNO4S/c1-11(19-24(21,22)15-6-4-14(18)5-7-15)12-2-8-16-13(10-12)3-9-17(20)23-16/h3-7,9,11-12,19H,2,8,10H2,1H3. The highest BCUT2D eigenvalue weighted by Gasteiger charge is 2.28. The van der Waals surface area contributed by atoms with Gasteiger partial charge in [0.15, 0.2) is 0 Å². The number of rotatable bonds is 4. The third kappa shape index (κ3) is 3.71. The second-order valence-electron chi connectivity index (χ2n) is 6.07. The number of fused-ring (bicyclic) bond motifs is 1. The Morgan fingerprint density at radius 2 is 1.92 bits per heavy atom. The van der Waals surface area contributed by atoms with Gasteiger partial charge in [-0.25, -0.2) is 17.9 Å². The van der Waals surface area contributed by atoms with Crippen molar-refractivity contribution in [3.63, 3.8) is 0 Å². The van der Waals surface area contributed by atoms with E-state index in [2.05, 4.69) is 4.72 Å². The molecule has 1 aliphatic carbocycles. The lowest BCUT2D eigenvalue weighted by Crippen LogP contribution is -2.40. The normalized spacial score (nSPS) is 18.8. The second kappa shape index (κ2) is 6.70. The fraction of sp³-hybridized carbons (Fsp3) is 0.353. The van der Waals surface area contributed by atoms with E-state index in [1.165, 1.54) is 18.2 Å². The Kier molecular flexibility index (Phi) is 4.80. The number of benzene rings is 1. The molecule has 0 saturated heterocycles. The van der Waals surface area contributed by atoms with Gasteiger partial charge in [-0.3, -0.25) is 0 Å². The molecule has 1 N–H and O–H groups in total. The van der Waals surface area contributed by atoms with Crippen molar-refractivity contribution in [3.8, 4) is 0 Å². The van der Waals surface area contributed by atoms with Gasteiger partial charge in [-0.2, -0.15) is 0 Å². The van der Waals surface area contributed by atoms with Gasteiger partial charge in [0.2, 0.25) is 10.0 Å². The number of nitrogens with one attached hydrogen (secondary N) is 1. The molecule has 0 bridgehead atoms. The Balaban J connectivity index is 1.73. The highest BCUT2D eigenvalue weighted by atomic mass is 35.5. The van der Waals surface area contributed by atoms with Crippen molar-refractivity contribution < 1.29 is 12.8 Å². The minimum atomic E-state index is -3.59. The van der Waals surface area contributed by atoms with E-state index in [4.69, 9.17) is 16.0 Å². The van der Waals surface area contributed by atoms with Gasteiger partial charge in [-0.15, -0.1) is 0 Å². The summed E-state index contributed by atoms with van der Waals surface area (Å²) in [6, 6.07) is 9.03. The average molecular weight is 368 g/mol. The number of sulfonamides is 1. The molecule has 1 heterocycles. The molecular formula is C17H18ClNO4S. The van der Waals surface area contributed by atoms with Crippen LogP contribution in [0.25, 0.3) is 0 Å². The lowest BCUT2D eigenvalue weighted by Gasteiger charge is -2.28. The maximum Gasteiger partial charge on any atom is 0.335 e. The van der Waals surface area contributed by atoms with Crippen LogP contribution in [0.15, 0.2) is 50.5 Å². The van der Waals surface area contributed by atoms with Crippen molar-refractivity contribution in [2.75, 3.05) is 0 Å². The summed E-state index contributed by atoms with van der Waals surface area (Å²) in [5, 5.41) is 0.493. The Bertz CT molecular complexity index is 890. The molecule has 0 spiro atoms. The van der Waals surface area contributed by atoms with Crippen molar-refractivity contribution in [2.45, 2.75) is 37.1 Å². The van der Waals surface area contributed by atoms with Crippen LogP contribution in [0.2, 0.25) is 5.02 Å². The molecule has 2 atom stereocenters. The molecule has 1 aromatic carbocycles. The summed E-state index contributed by atoms with van der Waals surface area (Å²) in [4.78, 5) is 11.5. The lowest BCUT2D eigenvalue weighted by atomic mass is 9.83. The van der Waals surface area contributed by atoms with Gasteiger partial charge in [0.1, 0.15) is 5.76 Å². The zero-order valence-corrected chi connectivity index (χ0v) is 14.7. The van der Waals surface area contributed by atoms with Crippen molar-refractivity contribution in [1.29, 1.82) is 0 Å². The van der Waals surface area contributed by atoms with Crippen LogP contribution in [0.5, 0.6) is 0 Å². The molecule has 1 aliphatic rings. The topological polar surface area (TPSA) is 76.4 Å². The summed E-state index contributed by atoms with van der Waals surface area (Å²) >= 11 is 5.80. The van der Waals surface area contributed by atoms with E-state index >= 15 is 0 Å². The van der Waals surface area contributed by atoms with E-state index in [-0.39, 0.29) is 22.5 Å². The molecule has 1 aromatic heterocycles. The monoisotopic (exact) mass is 367 g/mol. The molecular weight excluding hydrogens is 350 g/mol. The molecule has 24 heavy (non-hydrogen) atoms. The first-order chi connectivity index (χ1) is 11.3. The summed E-state index contributed by atoms with van der Waals surface area (Å²) in [6.45, 7) is 1.86. The lowest BCUT2D eigenvalue weighted by molar-refractivity contribution is 0.331. The van der Waals surface area contributed by atoms with E-state index in [1.54, 1.807) is 18.2 Å². The van der Waals surface area contributed by atoms with Crippen LogP contribution in [0, 0.1) is 5.92 Å². The number of hydrogen-bond donors (Lipinski definition) is 1. The molecule has 3 rings (SSSR count). The van der Waals surface area contributed by atoms with E-state index in [0.717, 1.165) is 12.0 Å². The summed E-state index contributed by atoms with van der Waals surface area (Å²) in [5.74, 6) is 0.860. The predicted octanol–water partition coefficient (Wildman–Crippen LogP) is 2.77. The van der Waals surface area contributed by atoms with Crippen LogP contribution >= 0.6 is 11.6 Å². The minimum Gasteiger partial charge on any atom is -0.428 e. The minimum absolute atomic E-state index is 0.146. The zero-order valence-electron chi connectivity index (χ0n) is 13.2. The Hall–Kier alpha value is -1.63. The zero-order chi connectivity index (χ0) is 17.3. The van der Waals surface area contributed by atoms with E-state index in [1.807, 2.05) is 6.92 Å². The molecule has 128 valence electrons. The fourth-order valence-corrected chi connectivity index (χ4v) is 4.46. The SMILES string of the molecule is CC(NS(=O)(=O)c1ccc(Cl)cc1)C1CCc2oc(=O)ccc2C1. The summed E-state index contributed by atoms with van der Waals surface area (Å²) in [7, 11) is -3.59. The molecule has 0 aliphatic heterocycles. The number of halogens is 1. The summed E-state index contributed by atoms with van der Waals surface area (Å²) < 4.78 is 32.9. The maximum absolute atomic E-state index is 12.5. The molecule has 5 nitrogen and oxygen atoms in total. The first-order valence-corrected chi connectivity index (χ1v) is 9.61.